The standard InChI is InChI=1S/C13F11/c14-3(1-4(15)8(19)12(23)9(20)5(1)16)2-6(17)10(21)13(24)11(22)7(2)18/q+1. The van der Waals surface area contributed by atoms with Crippen molar-refractivity contribution in [1.82, 2.24) is 0 Å². The molecule has 24 heavy (non-hydrogen) atoms. The van der Waals surface area contributed by atoms with E-state index in [2.05, 4.69) is 0 Å². The van der Waals surface area contributed by atoms with Gasteiger partial charge in [-0.2, -0.15) is 48.3 Å². The highest BCUT2D eigenvalue weighted by Crippen LogP contribution is 2.37. The minimum Gasteiger partial charge on any atom is -0.199 e. The van der Waals surface area contributed by atoms with Crippen LogP contribution in [0.2, 0.25) is 0 Å². The Bertz CT molecular complexity index is 715. The van der Waals surface area contributed by atoms with Crippen LogP contribution in [0.3, 0.4) is 0 Å². The largest absolute Gasteiger partial charge is 0.241 e. The van der Waals surface area contributed by atoms with Crippen LogP contribution in [0.1, 0.15) is 11.1 Å². The summed E-state index contributed by atoms with van der Waals surface area (Å²) in [6, 6.07) is 0. The lowest BCUT2D eigenvalue weighted by atomic mass is 9.99. The fourth-order valence-corrected chi connectivity index (χ4v) is 1.72. The van der Waals surface area contributed by atoms with Gasteiger partial charge in [0, 0.05) is 0 Å². The van der Waals surface area contributed by atoms with E-state index in [1.807, 2.05) is 0 Å². The summed E-state index contributed by atoms with van der Waals surface area (Å²) >= 11 is 0. The summed E-state index contributed by atoms with van der Waals surface area (Å²) in [4.78, 5) is 0. The van der Waals surface area contributed by atoms with Crippen molar-refractivity contribution >= 4 is 0 Å². The summed E-state index contributed by atoms with van der Waals surface area (Å²) in [5.41, 5.74) is -4.95. The Balaban J connectivity index is 2.84. The van der Waals surface area contributed by atoms with E-state index in [0.717, 1.165) is 0 Å². The van der Waals surface area contributed by atoms with Crippen LogP contribution < -0.4 is 0 Å². The molecule has 2 aromatic rings. The third-order valence-corrected chi connectivity index (χ3v) is 2.86. The Labute approximate surface area is 125 Å². The predicted octanol–water partition coefficient (Wildman–Crippen LogP) is 4.98. The van der Waals surface area contributed by atoms with Gasteiger partial charge in [0.1, 0.15) is 0 Å². The van der Waals surface area contributed by atoms with Gasteiger partial charge in [-0.1, -0.05) is 0 Å². The lowest BCUT2D eigenvalue weighted by Gasteiger charge is -2.08. The molecule has 0 saturated carbocycles. The first-order chi connectivity index (χ1) is 11.0. The molecule has 0 aliphatic rings. The van der Waals surface area contributed by atoms with Crippen molar-refractivity contribution < 1.29 is 48.3 Å². The first-order valence-corrected chi connectivity index (χ1v) is 5.58. The first-order valence-electron chi connectivity index (χ1n) is 5.58. The molecule has 0 heterocycles. The van der Waals surface area contributed by atoms with Crippen LogP contribution in [0.15, 0.2) is 0 Å². The van der Waals surface area contributed by atoms with Gasteiger partial charge in [-0.25, -0.2) is 0 Å². The second kappa shape index (κ2) is 5.87. The van der Waals surface area contributed by atoms with Crippen LogP contribution in [0, 0.1) is 64.3 Å². The monoisotopic (exact) mass is 365 g/mol. The molecule has 0 bridgehead atoms. The Kier molecular flexibility index (Phi) is 4.38. The zero-order chi connectivity index (χ0) is 18.5. The van der Waals surface area contributed by atoms with Crippen LogP contribution in [-0.4, -0.2) is 0 Å². The SMILES string of the molecule is Fc1c(F)c(F)c([C+](F)c2c(F)c(F)c(F)c(F)c2F)c(F)c1F. The highest BCUT2D eigenvalue weighted by molar-refractivity contribution is 5.46. The van der Waals surface area contributed by atoms with Crippen molar-refractivity contribution in [2.75, 3.05) is 0 Å². The second-order valence-corrected chi connectivity index (χ2v) is 4.20. The van der Waals surface area contributed by atoms with Gasteiger partial charge in [-0.05, 0) is 0 Å². The molecule has 0 aliphatic carbocycles. The fraction of sp³-hybridized carbons (Fsp3) is 0. The summed E-state index contributed by atoms with van der Waals surface area (Å²) in [5.74, 6) is -27.5. The van der Waals surface area contributed by atoms with Gasteiger partial charge in [0.05, 0.1) is 0 Å². The molecule has 0 aliphatic heterocycles. The third kappa shape index (κ3) is 2.34. The van der Waals surface area contributed by atoms with Crippen molar-refractivity contribution in [3.05, 3.63) is 75.5 Å². The molecule has 0 fully saturated rings. The van der Waals surface area contributed by atoms with E-state index in [1.165, 1.54) is 0 Å². The summed E-state index contributed by atoms with van der Waals surface area (Å²) in [5, 5.41) is 0. The molecular formula is C13F11+. The van der Waals surface area contributed by atoms with E-state index in [4.69, 9.17) is 0 Å². The Morgan fingerprint density at radius 3 is 0.708 bits per heavy atom. The third-order valence-electron chi connectivity index (χ3n) is 2.86. The zero-order valence-electron chi connectivity index (χ0n) is 10.7. The zero-order valence-corrected chi connectivity index (χ0v) is 10.7. The van der Waals surface area contributed by atoms with E-state index in [-0.39, 0.29) is 0 Å². The average molecular weight is 365 g/mol. The van der Waals surface area contributed by atoms with Crippen LogP contribution in [-0.2, 0) is 0 Å². The van der Waals surface area contributed by atoms with Crippen molar-refractivity contribution in [3.63, 3.8) is 0 Å². The van der Waals surface area contributed by atoms with Crippen molar-refractivity contribution in [3.8, 4) is 0 Å². The lowest BCUT2D eigenvalue weighted by Crippen LogP contribution is -2.15. The molecule has 128 valence electrons. The maximum Gasteiger partial charge on any atom is 0.241 e. The quantitative estimate of drug-likeness (QED) is 0.305. The van der Waals surface area contributed by atoms with E-state index >= 15 is 0 Å². The molecular weight excluding hydrogens is 365 g/mol. The van der Waals surface area contributed by atoms with E-state index in [0.29, 0.717) is 0 Å². The molecule has 0 atom stereocenters. The summed E-state index contributed by atoms with van der Waals surface area (Å²) in [6.07, 6.45) is -2.87. The molecule has 0 amide bonds. The van der Waals surface area contributed by atoms with Gasteiger partial charge in [-0.3, -0.25) is 0 Å². The van der Waals surface area contributed by atoms with Crippen molar-refractivity contribution in [2.45, 2.75) is 0 Å². The van der Waals surface area contributed by atoms with E-state index in [1.54, 1.807) is 0 Å². The van der Waals surface area contributed by atoms with Gasteiger partial charge in [0.2, 0.25) is 64.3 Å². The Morgan fingerprint density at radius 2 is 0.500 bits per heavy atom. The van der Waals surface area contributed by atoms with Gasteiger partial charge in [0.15, 0.2) is 11.1 Å². The molecule has 11 heteroatoms. The van der Waals surface area contributed by atoms with Crippen LogP contribution in [0.25, 0.3) is 0 Å². The maximum atomic E-state index is 13.9. The summed E-state index contributed by atoms with van der Waals surface area (Å²) in [7, 11) is 0. The van der Waals surface area contributed by atoms with Crippen LogP contribution in [0.4, 0.5) is 48.3 Å². The van der Waals surface area contributed by atoms with E-state index < -0.39 is 75.5 Å². The second-order valence-electron chi connectivity index (χ2n) is 4.20. The van der Waals surface area contributed by atoms with Gasteiger partial charge >= 0.3 is 0 Å². The highest BCUT2D eigenvalue weighted by Gasteiger charge is 2.44. The number of halogens is 11. The lowest BCUT2D eigenvalue weighted by molar-refractivity contribution is 0.350. The van der Waals surface area contributed by atoms with Gasteiger partial charge in [-0.15, -0.1) is 0 Å². The van der Waals surface area contributed by atoms with Crippen LogP contribution >= 0.6 is 0 Å². The molecule has 0 nitrogen and oxygen atoms in total. The predicted molar refractivity (Wildman–Crippen MR) is 55.0 cm³/mol. The summed E-state index contributed by atoms with van der Waals surface area (Å²) < 4.78 is 145. The molecule has 0 radical (unpaired) electrons. The number of hydrogen-bond donors (Lipinski definition) is 0. The van der Waals surface area contributed by atoms with Crippen molar-refractivity contribution in [2.24, 2.45) is 0 Å². The molecule has 0 aromatic heterocycles. The molecule has 0 N–H and O–H groups in total. The van der Waals surface area contributed by atoms with Gasteiger partial charge < -0.3 is 0 Å². The highest BCUT2D eigenvalue weighted by atomic mass is 19.2. The number of rotatable bonds is 2. The molecule has 0 spiro atoms. The number of benzene rings is 2. The smallest absolute Gasteiger partial charge is 0.199 e. The molecule has 2 aromatic carbocycles. The maximum absolute atomic E-state index is 13.9. The summed E-state index contributed by atoms with van der Waals surface area (Å²) in [6.45, 7) is 0. The Hall–Kier alpha value is -2.46. The topological polar surface area (TPSA) is 0 Å². The Morgan fingerprint density at radius 1 is 0.333 bits per heavy atom. The average Bonchev–Trinajstić information content (AvgIpc) is 2.55. The van der Waals surface area contributed by atoms with Crippen LogP contribution in [0.5, 0.6) is 0 Å². The minimum atomic E-state index is -2.87. The molecule has 0 unspecified atom stereocenters. The minimum absolute atomic E-state index is 2.48. The van der Waals surface area contributed by atoms with Crippen molar-refractivity contribution in [1.29, 1.82) is 0 Å². The van der Waals surface area contributed by atoms with Gasteiger partial charge in [0.25, 0.3) is 0 Å². The molecule has 0 saturated heterocycles. The molecule has 2 rings (SSSR count). The fourth-order valence-electron chi connectivity index (χ4n) is 1.72. The first kappa shape index (κ1) is 17.9. The van der Waals surface area contributed by atoms with E-state index in [9.17, 15) is 48.3 Å². The number of hydrogen-bond acceptors (Lipinski definition) is 0. The normalized spacial score (nSPS) is 11.1.